The molecule has 0 aliphatic carbocycles. The van der Waals surface area contributed by atoms with Crippen molar-refractivity contribution in [3.8, 4) is 0 Å². The number of anilines is 1. The Morgan fingerprint density at radius 2 is 2.23 bits per heavy atom. The van der Waals surface area contributed by atoms with E-state index in [4.69, 9.17) is 10.2 Å². The zero-order valence-corrected chi connectivity index (χ0v) is 8.00. The third-order valence-corrected chi connectivity index (χ3v) is 1.57. The molecule has 0 saturated carbocycles. The fraction of sp³-hybridized carbons (Fsp3) is 0.500. The summed E-state index contributed by atoms with van der Waals surface area (Å²) in [6.45, 7) is 6.07. The van der Waals surface area contributed by atoms with Crippen LogP contribution < -0.4 is 15.6 Å². The molecule has 1 aromatic heterocycles. The van der Waals surface area contributed by atoms with Crippen molar-refractivity contribution >= 4 is 11.9 Å². The maximum atomic E-state index is 10.5. The lowest BCUT2D eigenvalue weighted by atomic mass is 10.1. The normalized spacial score (nSPS) is 11.3. The molecule has 0 saturated heterocycles. The van der Waals surface area contributed by atoms with E-state index in [2.05, 4.69) is 5.32 Å². The van der Waals surface area contributed by atoms with Gasteiger partial charge < -0.3 is 10.2 Å². The summed E-state index contributed by atoms with van der Waals surface area (Å²) in [6, 6.07) is -0.629. The van der Waals surface area contributed by atoms with E-state index in [1.54, 1.807) is 6.20 Å². The standard InChI is InChI=1S/C8H13N3O2/c1-8(2,3)11-4-6(13-5-11)10-7(9)12/h4-5H,1-3H3,(H2-,9,10,12)/p+1. The van der Waals surface area contributed by atoms with Gasteiger partial charge in [-0.3, -0.25) is 5.32 Å². The van der Waals surface area contributed by atoms with Gasteiger partial charge >= 0.3 is 12.4 Å². The maximum Gasteiger partial charge on any atom is 0.336 e. The molecule has 0 unspecified atom stereocenters. The predicted octanol–water partition coefficient (Wildman–Crippen LogP) is 0.813. The first kappa shape index (κ1) is 9.57. The summed E-state index contributed by atoms with van der Waals surface area (Å²) in [4.78, 5) is 10.5. The van der Waals surface area contributed by atoms with Gasteiger partial charge in [0.15, 0.2) is 5.54 Å². The van der Waals surface area contributed by atoms with Crippen LogP contribution in [0.2, 0.25) is 0 Å². The predicted molar refractivity (Wildman–Crippen MR) is 47.1 cm³/mol. The average molecular weight is 184 g/mol. The number of carbonyl (C=O) groups excluding carboxylic acids is 1. The minimum atomic E-state index is -0.629. The van der Waals surface area contributed by atoms with Crippen molar-refractivity contribution in [2.24, 2.45) is 5.73 Å². The van der Waals surface area contributed by atoms with Gasteiger partial charge in [0.2, 0.25) is 6.20 Å². The summed E-state index contributed by atoms with van der Waals surface area (Å²) in [7, 11) is 0. The van der Waals surface area contributed by atoms with Crippen molar-refractivity contribution in [3.63, 3.8) is 0 Å². The number of nitrogens with two attached hydrogens (primary N) is 1. The summed E-state index contributed by atoms with van der Waals surface area (Å²) < 4.78 is 6.90. The molecular formula is C8H14N3O2+. The lowest BCUT2D eigenvalue weighted by molar-refractivity contribution is -0.756. The fourth-order valence-corrected chi connectivity index (χ4v) is 0.836. The second kappa shape index (κ2) is 3.08. The molecule has 0 aliphatic heterocycles. The molecule has 5 nitrogen and oxygen atoms in total. The average Bonchev–Trinajstić information content (AvgIpc) is 2.32. The van der Waals surface area contributed by atoms with Gasteiger partial charge in [0, 0.05) is 20.8 Å². The molecular weight excluding hydrogens is 170 g/mol. The van der Waals surface area contributed by atoms with Crippen molar-refractivity contribution in [1.29, 1.82) is 0 Å². The summed E-state index contributed by atoms with van der Waals surface area (Å²) in [6.07, 6.45) is 3.22. The quantitative estimate of drug-likeness (QED) is 0.634. The Bertz CT molecular complexity index is 311. The van der Waals surface area contributed by atoms with Gasteiger partial charge in [-0.05, 0) is 0 Å². The molecule has 72 valence electrons. The van der Waals surface area contributed by atoms with Crippen LogP contribution in [-0.4, -0.2) is 6.03 Å². The van der Waals surface area contributed by atoms with Gasteiger partial charge in [0.1, 0.15) is 0 Å². The van der Waals surface area contributed by atoms with E-state index in [1.807, 2.05) is 25.3 Å². The molecule has 1 aromatic rings. The lowest BCUT2D eigenvalue weighted by Gasteiger charge is -2.07. The van der Waals surface area contributed by atoms with E-state index in [0.717, 1.165) is 0 Å². The number of hydrogen-bond acceptors (Lipinski definition) is 2. The first-order valence-corrected chi connectivity index (χ1v) is 3.96. The lowest BCUT2D eigenvalue weighted by Crippen LogP contribution is -2.48. The van der Waals surface area contributed by atoms with Gasteiger partial charge in [-0.2, -0.15) is 4.57 Å². The van der Waals surface area contributed by atoms with Gasteiger partial charge in [-0.1, -0.05) is 0 Å². The Kier molecular flexibility index (Phi) is 2.27. The first-order chi connectivity index (χ1) is 5.89. The van der Waals surface area contributed by atoms with Crippen LogP contribution in [0.3, 0.4) is 0 Å². The molecule has 5 heteroatoms. The van der Waals surface area contributed by atoms with E-state index in [0.29, 0.717) is 5.88 Å². The Morgan fingerprint density at radius 3 is 2.62 bits per heavy atom. The van der Waals surface area contributed by atoms with Crippen LogP contribution in [-0.2, 0) is 5.54 Å². The van der Waals surface area contributed by atoms with Gasteiger partial charge in [-0.15, -0.1) is 0 Å². The molecule has 0 bridgehead atoms. The molecule has 3 N–H and O–H groups in total. The Balaban J connectivity index is 2.81. The topological polar surface area (TPSA) is 72.1 Å². The van der Waals surface area contributed by atoms with Crippen LogP contribution >= 0.6 is 0 Å². The highest BCUT2D eigenvalue weighted by Gasteiger charge is 2.24. The van der Waals surface area contributed by atoms with Gasteiger partial charge in [0.25, 0.3) is 5.88 Å². The molecule has 0 radical (unpaired) electrons. The number of aromatic nitrogens is 1. The highest BCUT2D eigenvalue weighted by atomic mass is 16.4. The Labute approximate surface area is 76.5 Å². The third kappa shape index (κ3) is 2.47. The van der Waals surface area contributed by atoms with Crippen LogP contribution in [0.1, 0.15) is 20.8 Å². The van der Waals surface area contributed by atoms with Crippen LogP contribution in [0.5, 0.6) is 0 Å². The summed E-state index contributed by atoms with van der Waals surface area (Å²) >= 11 is 0. The minimum absolute atomic E-state index is 0.0684. The van der Waals surface area contributed by atoms with E-state index < -0.39 is 6.03 Å². The maximum absolute atomic E-state index is 10.5. The summed E-state index contributed by atoms with van der Waals surface area (Å²) in [5.41, 5.74) is 4.86. The number of rotatable bonds is 1. The molecule has 1 rings (SSSR count). The monoisotopic (exact) mass is 184 g/mol. The van der Waals surface area contributed by atoms with Crippen LogP contribution in [0.25, 0.3) is 0 Å². The Morgan fingerprint density at radius 1 is 1.62 bits per heavy atom. The van der Waals surface area contributed by atoms with Crippen molar-refractivity contribution in [2.75, 3.05) is 5.32 Å². The zero-order chi connectivity index (χ0) is 10.1. The number of oxazole rings is 1. The fourth-order valence-electron chi connectivity index (χ4n) is 0.836. The number of primary amides is 1. The van der Waals surface area contributed by atoms with E-state index in [9.17, 15) is 4.79 Å². The first-order valence-electron chi connectivity index (χ1n) is 3.96. The largest absolute Gasteiger partial charge is 0.387 e. The van der Waals surface area contributed by atoms with Crippen molar-refractivity contribution in [1.82, 2.24) is 0 Å². The van der Waals surface area contributed by atoms with Crippen LogP contribution in [0.4, 0.5) is 10.7 Å². The smallest absolute Gasteiger partial charge is 0.336 e. The second-order valence-corrected chi connectivity index (χ2v) is 3.78. The second-order valence-electron chi connectivity index (χ2n) is 3.78. The Hall–Kier alpha value is -1.52. The van der Waals surface area contributed by atoms with Crippen molar-refractivity contribution in [3.05, 3.63) is 12.6 Å². The molecule has 0 spiro atoms. The number of nitrogens with zero attached hydrogens (tertiary/aromatic N) is 1. The molecule has 1 heterocycles. The molecule has 0 atom stereocenters. The number of hydrogen-bond donors (Lipinski definition) is 2. The zero-order valence-electron chi connectivity index (χ0n) is 8.00. The van der Waals surface area contributed by atoms with Crippen LogP contribution in [0.15, 0.2) is 17.0 Å². The van der Waals surface area contributed by atoms with Gasteiger partial charge in [0.05, 0.1) is 0 Å². The van der Waals surface area contributed by atoms with Gasteiger partial charge in [-0.25, -0.2) is 4.79 Å². The molecule has 0 fully saturated rings. The molecule has 13 heavy (non-hydrogen) atoms. The number of amides is 2. The number of urea groups is 1. The SMILES string of the molecule is CC(C)(C)[n+]1coc(NC(N)=O)c1. The highest BCUT2D eigenvalue weighted by Crippen LogP contribution is 2.08. The van der Waals surface area contributed by atoms with E-state index in [1.165, 1.54) is 6.39 Å². The minimum Gasteiger partial charge on any atom is -0.387 e. The number of nitrogens with one attached hydrogen (secondary N) is 1. The molecule has 0 aromatic carbocycles. The van der Waals surface area contributed by atoms with Crippen LogP contribution in [0, 0.1) is 0 Å². The summed E-state index contributed by atoms with van der Waals surface area (Å²) in [5, 5.41) is 2.35. The third-order valence-electron chi connectivity index (χ3n) is 1.57. The number of carbonyl (C=O) groups is 1. The van der Waals surface area contributed by atoms with E-state index >= 15 is 0 Å². The molecule has 2 amide bonds. The summed E-state index contributed by atoms with van der Waals surface area (Å²) in [5.74, 6) is 0.349. The van der Waals surface area contributed by atoms with E-state index in [-0.39, 0.29) is 5.54 Å². The molecule has 0 aliphatic rings. The van der Waals surface area contributed by atoms with Crippen molar-refractivity contribution in [2.45, 2.75) is 26.3 Å². The van der Waals surface area contributed by atoms with Crippen molar-refractivity contribution < 1.29 is 13.8 Å². The highest BCUT2D eigenvalue weighted by molar-refractivity contribution is 5.85.